The van der Waals surface area contributed by atoms with E-state index in [2.05, 4.69) is 39.7 Å². The van der Waals surface area contributed by atoms with Crippen molar-refractivity contribution in [1.82, 2.24) is 14.9 Å². The van der Waals surface area contributed by atoms with E-state index in [1.165, 1.54) is 17.0 Å². The maximum Gasteiger partial charge on any atom is 0.174 e. The van der Waals surface area contributed by atoms with Crippen LogP contribution < -0.4 is 19.7 Å². The average Bonchev–Trinajstić information content (AvgIpc) is 3.43. The number of ether oxygens (including phenoxy) is 3. The Balaban J connectivity index is 1.49. The maximum atomic E-state index is 6.05. The molecule has 2 atom stereocenters. The Bertz CT molecular complexity index is 1390. The number of nitrogens with one attached hydrogen (secondary N) is 1. The molecule has 8 heteroatoms. The second-order valence-electron chi connectivity index (χ2n) is 9.24. The number of thiocarbonyl (C=S) groups is 1. The summed E-state index contributed by atoms with van der Waals surface area (Å²) >= 11 is 5.91. The summed E-state index contributed by atoms with van der Waals surface area (Å²) in [6, 6.07) is 23.6. The van der Waals surface area contributed by atoms with Gasteiger partial charge in [-0.2, -0.15) is 0 Å². The second-order valence-corrected chi connectivity index (χ2v) is 9.63. The van der Waals surface area contributed by atoms with Gasteiger partial charge in [-0.15, -0.1) is 0 Å². The molecular weight excluding hydrogens is 496 g/mol. The Morgan fingerprint density at radius 2 is 1.61 bits per heavy atom. The third-order valence-corrected chi connectivity index (χ3v) is 7.27. The summed E-state index contributed by atoms with van der Waals surface area (Å²) in [7, 11) is 3.38. The molecule has 4 aromatic rings. The Labute approximate surface area is 229 Å². The highest BCUT2D eigenvalue weighted by Crippen LogP contribution is 2.43. The fraction of sp³-hybridized carbons (Fsp3) is 0.267. The molecule has 1 aliphatic rings. The van der Waals surface area contributed by atoms with Crippen molar-refractivity contribution < 1.29 is 14.2 Å². The van der Waals surface area contributed by atoms with Gasteiger partial charge in [-0.1, -0.05) is 6.07 Å². The summed E-state index contributed by atoms with van der Waals surface area (Å²) < 4.78 is 19.0. The molecule has 2 aromatic carbocycles. The van der Waals surface area contributed by atoms with Crippen LogP contribution >= 0.6 is 12.2 Å². The lowest BCUT2D eigenvalue weighted by Gasteiger charge is -2.28. The van der Waals surface area contributed by atoms with Crippen molar-refractivity contribution >= 4 is 23.0 Å². The van der Waals surface area contributed by atoms with Gasteiger partial charge in [0.25, 0.3) is 0 Å². The Morgan fingerprint density at radius 3 is 2.24 bits per heavy atom. The van der Waals surface area contributed by atoms with Crippen molar-refractivity contribution in [3.05, 3.63) is 102 Å². The van der Waals surface area contributed by atoms with Crippen LogP contribution in [-0.2, 0) is 11.3 Å². The minimum absolute atomic E-state index is 0.0757. The molecule has 1 saturated heterocycles. The zero-order valence-corrected chi connectivity index (χ0v) is 22.9. The predicted molar refractivity (Wildman–Crippen MR) is 153 cm³/mol. The third-order valence-electron chi connectivity index (χ3n) is 6.96. The summed E-state index contributed by atoms with van der Waals surface area (Å²) in [6.07, 6.45) is 1.83. The van der Waals surface area contributed by atoms with E-state index in [0.29, 0.717) is 11.7 Å². The van der Waals surface area contributed by atoms with Crippen LogP contribution in [0.4, 0.5) is 5.69 Å². The van der Waals surface area contributed by atoms with Crippen molar-refractivity contribution in [3.8, 4) is 17.2 Å². The highest BCUT2D eigenvalue weighted by molar-refractivity contribution is 7.80. The molecule has 0 radical (unpaired) electrons. The maximum absolute atomic E-state index is 6.05. The zero-order chi connectivity index (χ0) is 26.6. The van der Waals surface area contributed by atoms with Crippen molar-refractivity contribution in [2.75, 3.05) is 25.7 Å². The van der Waals surface area contributed by atoms with Gasteiger partial charge in [-0.05, 0) is 98.4 Å². The number of hydrogen-bond donors (Lipinski definition) is 1. The van der Waals surface area contributed by atoms with E-state index >= 15 is 0 Å². The van der Waals surface area contributed by atoms with E-state index in [1.54, 1.807) is 14.2 Å². The second kappa shape index (κ2) is 11.2. The Kier molecular flexibility index (Phi) is 7.62. The molecule has 0 amide bonds. The van der Waals surface area contributed by atoms with E-state index in [0.717, 1.165) is 35.2 Å². The third kappa shape index (κ3) is 5.10. The molecule has 1 aliphatic heterocycles. The highest BCUT2D eigenvalue weighted by atomic mass is 32.1. The normalized spacial score (nSPS) is 16.9. The van der Waals surface area contributed by atoms with Gasteiger partial charge in [0.2, 0.25) is 0 Å². The van der Waals surface area contributed by atoms with Crippen LogP contribution in [0, 0.1) is 13.8 Å². The molecular formula is C30H32N4O3S. The predicted octanol–water partition coefficient (Wildman–Crippen LogP) is 6.12. The molecule has 38 heavy (non-hydrogen) atoms. The summed E-state index contributed by atoms with van der Waals surface area (Å²) in [6.45, 7) is 5.75. The molecule has 0 spiro atoms. The first kappa shape index (κ1) is 25.8. The first-order valence-corrected chi connectivity index (χ1v) is 13.0. The van der Waals surface area contributed by atoms with Gasteiger partial charge >= 0.3 is 0 Å². The van der Waals surface area contributed by atoms with Crippen LogP contribution in [0.15, 0.2) is 79.0 Å². The molecule has 0 saturated carbocycles. The van der Waals surface area contributed by atoms with Gasteiger partial charge in [0.15, 0.2) is 5.11 Å². The topological polar surface area (TPSA) is 60.8 Å². The number of benzene rings is 2. The summed E-state index contributed by atoms with van der Waals surface area (Å²) in [5, 5.41) is 4.21. The standard InChI is InChI=1S/C30H32N4O3S/c1-20-19-26(21(2)33(20)17-18-35-3)29-28(27-7-5-6-16-31-27)32-30(38)34(29)22-8-10-24(11-9-22)37-25-14-12-23(36-4)13-15-25/h5-16,19,28-29H,17-18H2,1-4H3,(H,32,38). The lowest BCUT2D eigenvalue weighted by atomic mass is 9.96. The molecule has 0 aliphatic carbocycles. The first-order valence-electron chi connectivity index (χ1n) is 12.6. The van der Waals surface area contributed by atoms with Gasteiger partial charge in [0, 0.05) is 36.9 Å². The molecule has 1 fully saturated rings. The Morgan fingerprint density at radius 1 is 0.921 bits per heavy atom. The molecule has 1 N–H and O–H groups in total. The van der Waals surface area contributed by atoms with E-state index in [1.807, 2.05) is 72.9 Å². The molecule has 5 rings (SSSR count). The molecule has 7 nitrogen and oxygen atoms in total. The minimum atomic E-state index is -0.102. The fourth-order valence-electron chi connectivity index (χ4n) is 5.06. The lowest BCUT2D eigenvalue weighted by molar-refractivity contribution is 0.186. The number of anilines is 1. The SMILES string of the molecule is COCCn1c(C)cc(C2C(c3ccccn3)NC(=S)N2c2ccc(Oc3ccc(OC)cc3)cc2)c1C. The van der Waals surface area contributed by atoms with Gasteiger partial charge < -0.3 is 29.0 Å². The summed E-state index contributed by atoms with van der Waals surface area (Å²) in [5.74, 6) is 2.28. The van der Waals surface area contributed by atoms with Gasteiger partial charge in [0.05, 0.1) is 31.5 Å². The number of pyridine rings is 1. The van der Waals surface area contributed by atoms with Gasteiger partial charge in [-0.25, -0.2) is 0 Å². The monoisotopic (exact) mass is 528 g/mol. The van der Waals surface area contributed by atoms with Crippen LogP contribution in [0.2, 0.25) is 0 Å². The van der Waals surface area contributed by atoms with Crippen LogP contribution in [-0.4, -0.2) is 35.5 Å². The molecule has 0 bridgehead atoms. The summed E-state index contributed by atoms with van der Waals surface area (Å²) in [4.78, 5) is 6.87. The van der Waals surface area contributed by atoms with Crippen molar-refractivity contribution in [2.24, 2.45) is 0 Å². The molecule has 2 aromatic heterocycles. The van der Waals surface area contributed by atoms with Crippen molar-refractivity contribution in [1.29, 1.82) is 0 Å². The van der Waals surface area contributed by atoms with Gasteiger partial charge in [0.1, 0.15) is 17.2 Å². The smallest absolute Gasteiger partial charge is 0.174 e. The molecule has 3 heterocycles. The Hall–Kier alpha value is -3.88. The highest BCUT2D eigenvalue weighted by Gasteiger charge is 2.42. The van der Waals surface area contributed by atoms with E-state index in [9.17, 15) is 0 Å². The van der Waals surface area contributed by atoms with Crippen molar-refractivity contribution in [3.63, 3.8) is 0 Å². The number of hydrogen-bond acceptors (Lipinski definition) is 5. The number of aryl methyl sites for hydroxylation is 1. The van der Waals surface area contributed by atoms with Crippen LogP contribution in [0.1, 0.15) is 34.7 Å². The van der Waals surface area contributed by atoms with Crippen LogP contribution in [0.5, 0.6) is 17.2 Å². The largest absolute Gasteiger partial charge is 0.497 e. The van der Waals surface area contributed by atoms with Crippen LogP contribution in [0.3, 0.4) is 0 Å². The zero-order valence-electron chi connectivity index (χ0n) is 22.0. The lowest BCUT2D eigenvalue weighted by Crippen LogP contribution is -2.29. The quantitative estimate of drug-likeness (QED) is 0.263. The van der Waals surface area contributed by atoms with E-state index in [4.69, 9.17) is 26.4 Å². The molecule has 2 unspecified atom stereocenters. The number of nitrogens with zero attached hydrogens (tertiary/aromatic N) is 3. The number of methoxy groups -OCH3 is 2. The summed E-state index contributed by atoms with van der Waals surface area (Å²) in [5.41, 5.74) is 5.52. The van der Waals surface area contributed by atoms with E-state index in [-0.39, 0.29) is 12.1 Å². The minimum Gasteiger partial charge on any atom is -0.497 e. The number of rotatable bonds is 9. The van der Waals surface area contributed by atoms with Gasteiger partial charge in [-0.3, -0.25) is 4.98 Å². The molecule has 196 valence electrons. The average molecular weight is 529 g/mol. The fourth-order valence-corrected chi connectivity index (χ4v) is 5.40. The number of aromatic nitrogens is 2. The first-order chi connectivity index (χ1) is 18.5. The van der Waals surface area contributed by atoms with E-state index < -0.39 is 0 Å². The van der Waals surface area contributed by atoms with Crippen molar-refractivity contribution in [2.45, 2.75) is 32.5 Å². The van der Waals surface area contributed by atoms with Crippen LogP contribution in [0.25, 0.3) is 0 Å².